The van der Waals surface area contributed by atoms with Crippen LogP contribution in [0.25, 0.3) is 0 Å². The highest BCUT2D eigenvalue weighted by Gasteiger charge is 2.31. The molecule has 2 aromatic carbocycles. The van der Waals surface area contributed by atoms with Gasteiger partial charge in [-0.05, 0) is 17.5 Å². The van der Waals surface area contributed by atoms with Crippen LogP contribution in [0.5, 0.6) is 0 Å². The molecule has 1 unspecified atom stereocenters. The summed E-state index contributed by atoms with van der Waals surface area (Å²) in [7, 11) is 0. The Morgan fingerprint density at radius 2 is 1.68 bits per heavy atom. The maximum absolute atomic E-state index is 13.4. The second kappa shape index (κ2) is 12.2. The Labute approximate surface area is 185 Å². The monoisotopic (exact) mass is 423 g/mol. The maximum Gasteiger partial charge on any atom is 0.247 e. The van der Waals surface area contributed by atoms with Crippen molar-refractivity contribution in [3.63, 3.8) is 0 Å². The number of ether oxygens (including phenoxy) is 1. The van der Waals surface area contributed by atoms with Crippen molar-refractivity contribution >= 4 is 11.8 Å². The number of morpholine rings is 1. The normalized spacial score (nSPS) is 15.3. The lowest BCUT2D eigenvalue weighted by Crippen LogP contribution is -2.46. The summed E-state index contributed by atoms with van der Waals surface area (Å²) in [6.45, 7) is 6.93. The third-order valence-corrected chi connectivity index (χ3v) is 5.49. The van der Waals surface area contributed by atoms with Gasteiger partial charge in [-0.3, -0.25) is 14.5 Å². The highest BCUT2D eigenvalue weighted by molar-refractivity contribution is 5.88. The molecule has 3 rings (SSSR count). The molecule has 1 aliphatic heterocycles. The van der Waals surface area contributed by atoms with Crippen molar-refractivity contribution in [1.82, 2.24) is 15.1 Å². The molecule has 0 saturated carbocycles. The number of carbonyl (C=O) groups excluding carboxylic acids is 2. The molecule has 0 aliphatic carbocycles. The molecule has 0 aromatic heterocycles. The summed E-state index contributed by atoms with van der Waals surface area (Å²) in [6, 6.07) is 18.8. The highest BCUT2D eigenvalue weighted by atomic mass is 16.5. The number of benzene rings is 2. The highest BCUT2D eigenvalue weighted by Crippen LogP contribution is 2.25. The quantitative estimate of drug-likeness (QED) is 0.638. The van der Waals surface area contributed by atoms with Crippen LogP contribution in [0.2, 0.25) is 0 Å². The van der Waals surface area contributed by atoms with Crippen molar-refractivity contribution in [2.75, 3.05) is 39.4 Å². The molecular weight excluding hydrogens is 390 g/mol. The molecule has 1 aliphatic rings. The minimum absolute atomic E-state index is 0.0106. The number of nitrogens with one attached hydrogen (secondary N) is 1. The lowest BCUT2D eigenvalue weighted by atomic mass is 10.0. The van der Waals surface area contributed by atoms with Gasteiger partial charge in [-0.25, -0.2) is 0 Å². The van der Waals surface area contributed by atoms with E-state index in [0.29, 0.717) is 19.5 Å². The summed E-state index contributed by atoms with van der Waals surface area (Å²) in [6.07, 6.45) is 1.15. The van der Waals surface area contributed by atoms with Gasteiger partial charge in [0.1, 0.15) is 6.04 Å². The predicted octanol–water partition coefficient (Wildman–Crippen LogP) is 3.01. The van der Waals surface area contributed by atoms with E-state index in [-0.39, 0.29) is 11.8 Å². The SMILES string of the molecule is CCCC(=O)N(Cc1ccccc1)C(C(=O)NCCN1CCOCC1)c1ccccc1. The summed E-state index contributed by atoms with van der Waals surface area (Å²) in [4.78, 5) is 30.5. The minimum Gasteiger partial charge on any atom is -0.379 e. The van der Waals surface area contributed by atoms with E-state index in [1.807, 2.05) is 67.6 Å². The van der Waals surface area contributed by atoms with Gasteiger partial charge < -0.3 is 15.0 Å². The van der Waals surface area contributed by atoms with Gasteiger partial charge in [-0.15, -0.1) is 0 Å². The maximum atomic E-state index is 13.4. The zero-order valence-corrected chi connectivity index (χ0v) is 18.3. The zero-order chi connectivity index (χ0) is 21.9. The zero-order valence-electron chi connectivity index (χ0n) is 18.3. The largest absolute Gasteiger partial charge is 0.379 e. The molecule has 1 heterocycles. The first-order valence-corrected chi connectivity index (χ1v) is 11.1. The summed E-state index contributed by atoms with van der Waals surface area (Å²) in [5, 5.41) is 3.08. The number of carbonyl (C=O) groups is 2. The molecule has 31 heavy (non-hydrogen) atoms. The van der Waals surface area contributed by atoms with Crippen LogP contribution in [0.4, 0.5) is 0 Å². The van der Waals surface area contributed by atoms with Gasteiger partial charge in [-0.1, -0.05) is 67.6 Å². The summed E-state index contributed by atoms with van der Waals surface area (Å²) < 4.78 is 5.39. The van der Waals surface area contributed by atoms with E-state index in [2.05, 4.69) is 10.2 Å². The molecule has 1 saturated heterocycles. The molecule has 166 valence electrons. The number of nitrogens with zero attached hydrogens (tertiary/aromatic N) is 2. The topological polar surface area (TPSA) is 61.9 Å². The van der Waals surface area contributed by atoms with Crippen LogP contribution in [-0.2, 0) is 20.9 Å². The van der Waals surface area contributed by atoms with Crippen molar-refractivity contribution in [2.45, 2.75) is 32.4 Å². The molecular formula is C25H33N3O3. The average molecular weight is 424 g/mol. The van der Waals surface area contributed by atoms with Gasteiger partial charge >= 0.3 is 0 Å². The molecule has 1 N–H and O–H groups in total. The van der Waals surface area contributed by atoms with Crippen molar-refractivity contribution in [1.29, 1.82) is 0 Å². The van der Waals surface area contributed by atoms with Gasteiger partial charge in [0.15, 0.2) is 0 Å². The summed E-state index contributed by atoms with van der Waals surface area (Å²) in [5.41, 5.74) is 1.83. The first-order chi connectivity index (χ1) is 15.2. The molecule has 0 radical (unpaired) electrons. The fourth-order valence-corrected chi connectivity index (χ4v) is 3.83. The van der Waals surface area contributed by atoms with Crippen LogP contribution in [0.3, 0.4) is 0 Å². The average Bonchev–Trinajstić information content (AvgIpc) is 2.81. The van der Waals surface area contributed by atoms with Crippen LogP contribution < -0.4 is 5.32 Å². The second-order valence-electron chi connectivity index (χ2n) is 7.82. The van der Waals surface area contributed by atoms with E-state index in [1.54, 1.807) is 4.90 Å². The van der Waals surface area contributed by atoms with E-state index in [4.69, 9.17) is 4.74 Å². The third kappa shape index (κ3) is 6.91. The molecule has 1 atom stereocenters. The number of amides is 2. The van der Waals surface area contributed by atoms with Crippen molar-refractivity contribution in [2.24, 2.45) is 0 Å². The summed E-state index contributed by atoms with van der Waals surface area (Å²) in [5.74, 6) is -0.150. The van der Waals surface area contributed by atoms with Crippen molar-refractivity contribution in [3.05, 3.63) is 71.8 Å². The Hall–Kier alpha value is -2.70. The molecule has 2 amide bonds. The first kappa shape index (κ1) is 23.0. The van der Waals surface area contributed by atoms with Gasteiger partial charge in [0.2, 0.25) is 11.8 Å². The van der Waals surface area contributed by atoms with E-state index in [0.717, 1.165) is 50.4 Å². The fourth-order valence-electron chi connectivity index (χ4n) is 3.83. The van der Waals surface area contributed by atoms with E-state index >= 15 is 0 Å². The van der Waals surface area contributed by atoms with Crippen molar-refractivity contribution in [3.8, 4) is 0 Å². The van der Waals surface area contributed by atoms with Crippen LogP contribution in [-0.4, -0.2) is 61.0 Å². The van der Waals surface area contributed by atoms with Gasteiger partial charge in [0.25, 0.3) is 0 Å². The van der Waals surface area contributed by atoms with Crippen LogP contribution in [0, 0.1) is 0 Å². The first-order valence-electron chi connectivity index (χ1n) is 11.1. The Kier molecular flexibility index (Phi) is 9.06. The lowest BCUT2D eigenvalue weighted by Gasteiger charge is -2.32. The Morgan fingerprint density at radius 3 is 2.32 bits per heavy atom. The molecule has 1 fully saturated rings. The Bertz CT molecular complexity index is 807. The van der Waals surface area contributed by atoms with Gasteiger partial charge in [-0.2, -0.15) is 0 Å². The smallest absolute Gasteiger partial charge is 0.247 e. The van der Waals surface area contributed by atoms with Gasteiger partial charge in [0.05, 0.1) is 13.2 Å². The van der Waals surface area contributed by atoms with E-state index < -0.39 is 6.04 Å². The van der Waals surface area contributed by atoms with Crippen LogP contribution in [0.1, 0.15) is 36.9 Å². The molecule has 6 heteroatoms. The Morgan fingerprint density at radius 1 is 1.03 bits per heavy atom. The lowest BCUT2D eigenvalue weighted by molar-refractivity contribution is -0.141. The molecule has 6 nitrogen and oxygen atoms in total. The number of hydrogen-bond donors (Lipinski definition) is 1. The van der Waals surface area contributed by atoms with Crippen molar-refractivity contribution < 1.29 is 14.3 Å². The predicted molar refractivity (Wildman–Crippen MR) is 121 cm³/mol. The molecule has 0 spiro atoms. The Balaban J connectivity index is 1.78. The summed E-state index contributed by atoms with van der Waals surface area (Å²) >= 11 is 0. The molecule has 0 bridgehead atoms. The number of rotatable bonds is 10. The second-order valence-corrected chi connectivity index (χ2v) is 7.82. The minimum atomic E-state index is -0.662. The third-order valence-electron chi connectivity index (χ3n) is 5.49. The molecule has 2 aromatic rings. The number of hydrogen-bond acceptors (Lipinski definition) is 4. The fraction of sp³-hybridized carbons (Fsp3) is 0.440. The van der Waals surface area contributed by atoms with Crippen LogP contribution in [0.15, 0.2) is 60.7 Å². The van der Waals surface area contributed by atoms with Crippen LogP contribution >= 0.6 is 0 Å². The van der Waals surface area contributed by atoms with E-state index in [9.17, 15) is 9.59 Å². The van der Waals surface area contributed by atoms with E-state index in [1.165, 1.54) is 0 Å². The standard InChI is InChI=1S/C25H33N3O3/c1-2-9-23(29)28(20-21-10-5-3-6-11-21)24(22-12-7-4-8-13-22)25(30)26-14-15-27-16-18-31-19-17-27/h3-8,10-13,24H,2,9,14-20H2,1H3,(H,26,30). The van der Waals surface area contributed by atoms with Gasteiger partial charge in [0, 0.05) is 39.1 Å².